The van der Waals surface area contributed by atoms with E-state index in [2.05, 4.69) is 10.1 Å². The number of aromatic nitrogens is 3. The zero-order chi connectivity index (χ0) is 17.8. The number of rotatable bonds is 6. The Labute approximate surface area is 146 Å². The fourth-order valence-corrected chi connectivity index (χ4v) is 2.84. The average Bonchev–Trinajstić information content (AvgIpc) is 3.01. The van der Waals surface area contributed by atoms with Gasteiger partial charge in [0.2, 0.25) is 5.75 Å². The first-order valence-electron chi connectivity index (χ1n) is 8.07. The molecule has 25 heavy (non-hydrogen) atoms. The van der Waals surface area contributed by atoms with Crippen molar-refractivity contribution >= 4 is 0 Å². The largest absolute Gasteiger partial charge is 0.493 e. The molecule has 0 radical (unpaired) electrons. The maximum atomic E-state index is 5.73. The van der Waals surface area contributed by atoms with E-state index in [1.807, 2.05) is 23.7 Å². The molecule has 0 saturated carbocycles. The van der Waals surface area contributed by atoms with E-state index in [1.165, 1.54) is 0 Å². The van der Waals surface area contributed by atoms with Gasteiger partial charge in [0.15, 0.2) is 17.3 Å². The molecule has 136 valence electrons. The zero-order valence-corrected chi connectivity index (χ0v) is 14.9. The Balaban J connectivity index is 1.98. The minimum atomic E-state index is -0.0457. The van der Waals surface area contributed by atoms with Gasteiger partial charge >= 0.3 is 0 Å². The Kier molecular flexibility index (Phi) is 5.40. The van der Waals surface area contributed by atoms with Gasteiger partial charge in [-0.15, -0.1) is 0 Å². The molecule has 1 aliphatic rings. The van der Waals surface area contributed by atoms with Crippen LogP contribution in [0.3, 0.4) is 0 Å². The second-order valence-corrected chi connectivity index (χ2v) is 5.65. The highest BCUT2D eigenvalue weighted by molar-refractivity contribution is 5.66. The fourth-order valence-electron chi connectivity index (χ4n) is 2.84. The molecule has 0 spiro atoms. The smallest absolute Gasteiger partial charge is 0.203 e. The van der Waals surface area contributed by atoms with Crippen LogP contribution < -0.4 is 14.2 Å². The topological polar surface area (TPSA) is 76.9 Å². The van der Waals surface area contributed by atoms with E-state index < -0.39 is 0 Å². The van der Waals surface area contributed by atoms with Crippen molar-refractivity contribution < 1.29 is 23.7 Å². The van der Waals surface area contributed by atoms with Crippen LogP contribution in [0, 0.1) is 6.92 Å². The zero-order valence-electron chi connectivity index (χ0n) is 14.9. The van der Waals surface area contributed by atoms with Gasteiger partial charge in [-0.25, -0.2) is 9.67 Å². The van der Waals surface area contributed by atoms with Crippen LogP contribution in [-0.4, -0.2) is 62.0 Å². The maximum Gasteiger partial charge on any atom is 0.203 e. The van der Waals surface area contributed by atoms with Crippen LogP contribution in [0.1, 0.15) is 5.82 Å². The third-order valence-electron chi connectivity index (χ3n) is 3.96. The molecule has 0 bridgehead atoms. The number of methoxy groups -OCH3 is 3. The highest BCUT2D eigenvalue weighted by Gasteiger charge is 2.21. The van der Waals surface area contributed by atoms with Crippen molar-refractivity contribution in [2.24, 2.45) is 0 Å². The number of benzene rings is 1. The Bertz CT molecular complexity index is 700. The molecule has 0 unspecified atom stereocenters. The molecule has 8 nitrogen and oxygen atoms in total. The summed E-state index contributed by atoms with van der Waals surface area (Å²) in [6, 6.07) is 3.72. The quantitative estimate of drug-likeness (QED) is 0.785. The van der Waals surface area contributed by atoms with E-state index in [0.717, 1.165) is 5.56 Å². The summed E-state index contributed by atoms with van der Waals surface area (Å²) < 4.78 is 29.3. The molecule has 2 heterocycles. The molecule has 0 aliphatic carbocycles. The molecule has 8 heteroatoms. The lowest BCUT2D eigenvalue weighted by molar-refractivity contribution is -0.0945. The van der Waals surface area contributed by atoms with Gasteiger partial charge in [-0.3, -0.25) is 0 Å². The third kappa shape index (κ3) is 3.69. The molecule has 3 rings (SSSR count). The van der Waals surface area contributed by atoms with Crippen molar-refractivity contribution in [1.29, 1.82) is 0 Å². The Hall–Kier alpha value is -2.32. The van der Waals surface area contributed by atoms with Crippen molar-refractivity contribution in [1.82, 2.24) is 14.8 Å². The predicted octanol–water partition coefficient (Wildman–Crippen LogP) is 1.69. The van der Waals surface area contributed by atoms with Crippen molar-refractivity contribution in [3.63, 3.8) is 0 Å². The predicted molar refractivity (Wildman–Crippen MR) is 90.4 cm³/mol. The van der Waals surface area contributed by atoms with Gasteiger partial charge in [-0.05, 0) is 19.1 Å². The molecule has 1 aliphatic heterocycles. The molecule has 1 fully saturated rings. The first-order valence-corrected chi connectivity index (χ1v) is 8.07. The van der Waals surface area contributed by atoms with E-state index in [1.54, 1.807) is 21.3 Å². The summed E-state index contributed by atoms with van der Waals surface area (Å²) in [6.07, 6.45) is -0.0457. The molecule has 1 aromatic heterocycles. The van der Waals surface area contributed by atoms with Crippen molar-refractivity contribution in [2.45, 2.75) is 19.6 Å². The molecule has 0 N–H and O–H groups in total. The highest BCUT2D eigenvalue weighted by Crippen LogP contribution is 2.40. The Morgan fingerprint density at radius 3 is 2.40 bits per heavy atom. The van der Waals surface area contributed by atoms with Crippen molar-refractivity contribution in [3.8, 4) is 28.6 Å². The Morgan fingerprint density at radius 1 is 1.12 bits per heavy atom. The molecule has 1 saturated heterocycles. The van der Waals surface area contributed by atoms with Gasteiger partial charge in [0.05, 0.1) is 47.7 Å². The maximum absolute atomic E-state index is 5.73. The molecule has 0 amide bonds. The van der Waals surface area contributed by atoms with E-state index in [-0.39, 0.29) is 6.10 Å². The minimum Gasteiger partial charge on any atom is -0.493 e. The first kappa shape index (κ1) is 17.5. The molecular formula is C17H23N3O5. The summed E-state index contributed by atoms with van der Waals surface area (Å²) in [7, 11) is 4.75. The summed E-state index contributed by atoms with van der Waals surface area (Å²) in [5.74, 6) is 3.08. The summed E-state index contributed by atoms with van der Waals surface area (Å²) in [6.45, 7) is 4.20. The molecular weight excluding hydrogens is 326 g/mol. The van der Waals surface area contributed by atoms with Gasteiger partial charge < -0.3 is 23.7 Å². The SMILES string of the molecule is COc1cc(-c2nc(C)nn2C[C@@H]2COCCO2)cc(OC)c1OC. The first-order chi connectivity index (χ1) is 12.2. The van der Waals surface area contributed by atoms with Crippen molar-refractivity contribution in [2.75, 3.05) is 41.2 Å². The lowest BCUT2D eigenvalue weighted by Gasteiger charge is -2.23. The normalized spacial score (nSPS) is 17.4. The van der Waals surface area contributed by atoms with Gasteiger partial charge in [0, 0.05) is 5.56 Å². The van der Waals surface area contributed by atoms with E-state index in [4.69, 9.17) is 23.7 Å². The van der Waals surface area contributed by atoms with Crippen molar-refractivity contribution in [3.05, 3.63) is 18.0 Å². The van der Waals surface area contributed by atoms with Crippen LogP contribution in [-0.2, 0) is 16.0 Å². The number of nitrogens with zero attached hydrogens (tertiary/aromatic N) is 3. The van der Waals surface area contributed by atoms with Crippen LogP contribution in [0.4, 0.5) is 0 Å². The van der Waals surface area contributed by atoms with E-state index >= 15 is 0 Å². The van der Waals surface area contributed by atoms with Gasteiger partial charge in [0.25, 0.3) is 0 Å². The van der Waals surface area contributed by atoms with Crippen LogP contribution >= 0.6 is 0 Å². The van der Waals surface area contributed by atoms with E-state index in [9.17, 15) is 0 Å². The number of hydrogen-bond acceptors (Lipinski definition) is 7. The standard InChI is InChI=1S/C17H23N3O5/c1-11-18-17(20(19-11)9-13-10-24-5-6-25-13)12-7-14(21-2)16(23-4)15(8-12)22-3/h7-8,13H,5-6,9-10H2,1-4H3/t13-/m1/s1. The Morgan fingerprint density at radius 2 is 1.84 bits per heavy atom. The summed E-state index contributed by atoms with van der Waals surface area (Å²) in [4.78, 5) is 4.56. The van der Waals surface area contributed by atoms with Gasteiger partial charge in [-0.2, -0.15) is 5.10 Å². The monoisotopic (exact) mass is 349 g/mol. The second kappa shape index (κ2) is 7.71. The number of ether oxygens (including phenoxy) is 5. The summed E-state index contributed by atoms with van der Waals surface area (Å²) in [5, 5.41) is 4.49. The van der Waals surface area contributed by atoms with E-state index in [0.29, 0.717) is 55.3 Å². The van der Waals surface area contributed by atoms with Gasteiger partial charge in [-0.1, -0.05) is 0 Å². The van der Waals surface area contributed by atoms with Gasteiger partial charge in [0.1, 0.15) is 11.9 Å². The lowest BCUT2D eigenvalue weighted by Crippen LogP contribution is -2.32. The minimum absolute atomic E-state index is 0.0457. The molecule has 2 aromatic rings. The highest BCUT2D eigenvalue weighted by atomic mass is 16.6. The third-order valence-corrected chi connectivity index (χ3v) is 3.96. The van der Waals surface area contributed by atoms with Crippen LogP contribution in [0.5, 0.6) is 17.2 Å². The van der Waals surface area contributed by atoms with Crippen LogP contribution in [0.15, 0.2) is 12.1 Å². The number of hydrogen-bond donors (Lipinski definition) is 0. The number of aryl methyl sites for hydroxylation is 1. The van der Waals surface area contributed by atoms with Crippen LogP contribution in [0.25, 0.3) is 11.4 Å². The second-order valence-electron chi connectivity index (χ2n) is 5.65. The lowest BCUT2D eigenvalue weighted by atomic mass is 10.1. The fraction of sp³-hybridized carbons (Fsp3) is 0.529. The molecule has 1 aromatic carbocycles. The van der Waals surface area contributed by atoms with Crippen LogP contribution in [0.2, 0.25) is 0 Å². The molecule has 1 atom stereocenters. The average molecular weight is 349 g/mol. The summed E-state index contributed by atoms with van der Waals surface area (Å²) >= 11 is 0. The summed E-state index contributed by atoms with van der Waals surface area (Å²) in [5.41, 5.74) is 0.826.